The first-order valence-corrected chi connectivity index (χ1v) is 6.98. The van der Waals surface area contributed by atoms with Crippen molar-refractivity contribution in [2.24, 2.45) is 0 Å². The van der Waals surface area contributed by atoms with Crippen molar-refractivity contribution in [2.45, 2.75) is 6.42 Å². The van der Waals surface area contributed by atoms with Gasteiger partial charge in [0.1, 0.15) is 5.75 Å². The summed E-state index contributed by atoms with van der Waals surface area (Å²) in [5.41, 5.74) is 3.66. The molecule has 2 aromatic rings. The van der Waals surface area contributed by atoms with E-state index in [1.807, 2.05) is 55.4 Å². The minimum Gasteiger partial charge on any atom is -0.493 e. The summed E-state index contributed by atoms with van der Waals surface area (Å²) in [5, 5.41) is 2.92. The maximum atomic E-state index is 12.3. The lowest BCUT2D eigenvalue weighted by Crippen LogP contribution is -2.12. The Morgan fingerprint density at radius 3 is 2.62 bits per heavy atom. The number of hydrogen-bond acceptors (Lipinski definition) is 3. The maximum Gasteiger partial charge on any atom is 0.255 e. The maximum absolute atomic E-state index is 12.3. The normalized spacial score (nSPS) is 12.5. The highest BCUT2D eigenvalue weighted by molar-refractivity contribution is 6.04. The average molecular weight is 282 g/mol. The van der Waals surface area contributed by atoms with E-state index >= 15 is 0 Å². The van der Waals surface area contributed by atoms with Crippen LogP contribution >= 0.6 is 0 Å². The summed E-state index contributed by atoms with van der Waals surface area (Å²) >= 11 is 0. The van der Waals surface area contributed by atoms with Crippen LogP contribution in [-0.4, -0.2) is 26.6 Å². The number of nitrogens with one attached hydrogen (secondary N) is 1. The van der Waals surface area contributed by atoms with Gasteiger partial charge in [-0.1, -0.05) is 0 Å². The Kier molecular flexibility index (Phi) is 3.52. The summed E-state index contributed by atoms with van der Waals surface area (Å²) < 4.78 is 5.45. The van der Waals surface area contributed by atoms with Gasteiger partial charge in [-0.05, 0) is 48.0 Å². The van der Waals surface area contributed by atoms with Crippen molar-refractivity contribution in [1.82, 2.24) is 0 Å². The summed E-state index contributed by atoms with van der Waals surface area (Å²) in [5.74, 6) is 0.796. The van der Waals surface area contributed by atoms with Crippen LogP contribution in [0.1, 0.15) is 15.9 Å². The zero-order valence-electron chi connectivity index (χ0n) is 12.2. The van der Waals surface area contributed by atoms with Crippen molar-refractivity contribution >= 4 is 17.3 Å². The molecule has 0 radical (unpaired) electrons. The van der Waals surface area contributed by atoms with Gasteiger partial charge in [0.25, 0.3) is 5.91 Å². The SMILES string of the molecule is CN(C)c1ccc(NC(=O)c2ccc3c(c2)CCO3)cc1. The highest BCUT2D eigenvalue weighted by Crippen LogP contribution is 2.26. The number of carbonyl (C=O) groups excluding carboxylic acids is 1. The second-order valence-corrected chi connectivity index (χ2v) is 5.32. The molecule has 21 heavy (non-hydrogen) atoms. The van der Waals surface area contributed by atoms with Crippen LogP contribution in [-0.2, 0) is 6.42 Å². The second kappa shape index (κ2) is 5.48. The van der Waals surface area contributed by atoms with E-state index in [0.717, 1.165) is 29.1 Å². The van der Waals surface area contributed by atoms with Crippen LogP contribution in [0.4, 0.5) is 11.4 Å². The van der Waals surface area contributed by atoms with E-state index < -0.39 is 0 Å². The van der Waals surface area contributed by atoms with E-state index in [9.17, 15) is 4.79 Å². The van der Waals surface area contributed by atoms with Crippen LogP contribution in [0.2, 0.25) is 0 Å². The first-order valence-electron chi connectivity index (χ1n) is 6.98. The smallest absolute Gasteiger partial charge is 0.255 e. The molecule has 0 saturated carbocycles. The van der Waals surface area contributed by atoms with Crippen LogP contribution in [0.5, 0.6) is 5.75 Å². The molecule has 4 heteroatoms. The number of fused-ring (bicyclic) bond motifs is 1. The minimum atomic E-state index is -0.0951. The zero-order chi connectivity index (χ0) is 14.8. The van der Waals surface area contributed by atoms with E-state index in [1.165, 1.54) is 0 Å². The monoisotopic (exact) mass is 282 g/mol. The Morgan fingerprint density at radius 1 is 1.14 bits per heavy atom. The second-order valence-electron chi connectivity index (χ2n) is 5.32. The van der Waals surface area contributed by atoms with E-state index in [0.29, 0.717) is 12.2 Å². The number of ether oxygens (including phenoxy) is 1. The molecule has 4 nitrogen and oxygen atoms in total. The number of rotatable bonds is 3. The van der Waals surface area contributed by atoms with Crippen LogP contribution in [0.15, 0.2) is 42.5 Å². The molecule has 0 atom stereocenters. The Bertz CT molecular complexity index is 663. The van der Waals surface area contributed by atoms with E-state index in [4.69, 9.17) is 4.74 Å². The van der Waals surface area contributed by atoms with Crippen molar-refractivity contribution in [2.75, 3.05) is 30.9 Å². The quantitative estimate of drug-likeness (QED) is 0.941. The lowest BCUT2D eigenvalue weighted by Gasteiger charge is -2.13. The Morgan fingerprint density at radius 2 is 1.90 bits per heavy atom. The third kappa shape index (κ3) is 2.84. The molecule has 0 unspecified atom stereocenters. The van der Waals surface area contributed by atoms with E-state index in [2.05, 4.69) is 5.32 Å². The molecular formula is C17H18N2O2. The number of amides is 1. The molecule has 0 fully saturated rings. The summed E-state index contributed by atoms with van der Waals surface area (Å²) in [7, 11) is 3.97. The number of benzene rings is 2. The Labute approximate surface area is 124 Å². The van der Waals surface area contributed by atoms with Gasteiger partial charge in [-0.25, -0.2) is 0 Å². The first kappa shape index (κ1) is 13.5. The fourth-order valence-corrected chi connectivity index (χ4v) is 2.37. The molecule has 0 aromatic heterocycles. The number of nitrogens with zero attached hydrogens (tertiary/aromatic N) is 1. The molecule has 1 heterocycles. The first-order chi connectivity index (χ1) is 10.1. The lowest BCUT2D eigenvalue weighted by atomic mass is 10.1. The van der Waals surface area contributed by atoms with Crippen LogP contribution in [0.3, 0.4) is 0 Å². The molecule has 108 valence electrons. The number of hydrogen-bond donors (Lipinski definition) is 1. The number of anilines is 2. The fraction of sp³-hybridized carbons (Fsp3) is 0.235. The largest absolute Gasteiger partial charge is 0.493 e. The number of carbonyl (C=O) groups is 1. The van der Waals surface area contributed by atoms with Crippen molar-refractivity contribution in [1.29, 1.82) is 0 Å². The van der Waals surface area contributed by atoms with Crippen molar-refractivity contribution in [3.05, 3.63) is 53.6 Å². The van der Waals surface area contributed by atoms with Gasteiger partial charge in [-0.15, -0.1) is 0 Å². The predicted molar refractivity (Wildman–Crippen MR) is 84.4 cm³/mol. The van der Waals surface area contributed by atoms with Gasteiger partial charge in [0.15, 0.2) is 0 Å². The van der Waals surface area contributed by atoms with Crippen LogP contribution in [0, 0.1) is 0 Å². The lowest BCUT2D eigenvalue weighted by molar-refractivity contribution is 0.102. The zero-order valence-corrected chi connectivity index (χ0v) is 12.2. The summed E-state index contributed by atoms with van der Waals surface area (Å²) in [4.78, 5) is 14.3. The standard InChI is InChI=1S/C17H18N2O2/c1-19(2)15-6-4-14(5-7-15)18-17(20)13-3-8-16-12(11-13)9-10-21-16/h3-8,11H,9-10H2,1-2H3,(H,18,20). The summed E-state index contributed by atoms with van der Waals surface area (Å²) in [6.45, 7) is 0.701. The topological polar surface area (TPSA) is 41.6 Å². The van der Waals surface area contributed by atoms with Gasteiger partial charge in [0.05, 0.1) is 6.61 Å². The molecule has 2 aromatic carbocycles. The Balaban J connectivity index is 1.74. The molecule has 1 amide bonds. The van der Waals surface area contributed by atoms with Gasteiger partial charge in [-0.2, -0.15) is 0 Å². The summed E-state index contributed by atoms with van der Waals surface area (Å²) in [6, 6.07) is 13.3. The molecule has 0 spiro atoms. The third-order valence-electron chi connectivity index (χ3n) is 3.59. The molecule has 0 bridgehead atoms. The van der Waals surface area contributed by atoms with Crippen LogP contribution in [0.25, 0.3) is 0 Å². The highest BCUT2D eigenvalue weighted by Gasteiger charge is 2.15. The van der Waals surface area contributed by atoms with Gasteiger partial charge in [0, 0.05) is 37.5 Å². The molecule has 3 rings (SSSR count). The molecule has 0 saturated heterocycles. The van der Waals surface area contributed by atoms with Gasteiger partial charge < -0.3 is 15.0 Å². The van der Waals surface area contributed by atoms with E-state index in [-0.39, 0.29) is 5.91 Å². The molecule has 1 N–H and O–H groups in total. The third-order valence-corrected chi connectivity index (χ3v) is 3.59. The van der Waals surface area contributed by atoms with E-state index in [1.54, 1.807) is 6.07 Å². The Hall–Kier alpha value is -2.49. The van der Waals surface area contributed by atoms with Crippen LogP contribution < -0.4 is 15.0 Å². The van der Waals surface area contributed by atoms with Gasteiger partial charge >= 0.3 is 0 Å². The average Bonchev–Trinajstić information content (AvgIpc) is 2.95. The predicted octanol–water partition coefficient (Wildman–Crippen LogP) is 2.94. The fourth-order valence-electron chi connectivity index (χ4n) is 2.37. The summed E-state index contributed by atoms with van der Waals surface area (Å²) in [6.07, 6.45) is 0.869. The molecule has 1 aliphatic heterocycles. The van der Waals surface area contributed by atoms with Crippen molar-refractivity contribution in [3.8, 4) is 5.75 Å². The van der Waals surface area contributed by atoms with Crippen molar-refractivity contribution in [3.63, 3.8) is 0 Å². The highest BCUT2D eigenvalue weighted by atomic mass is 16.5. The minimum absolute atomic E-state index is 0.0951. The van der Waals surface area contributed by atoms with Gasteiger partial charge in [-0.3, -0.25) is 4.79 Å². The molecular weight excluding hydrogens is 264 g/mol. The molecule has 1 aliphatic rings. The van der Waals surface area contributed by atoms with Crippen molar-refractivity contribution < 1.29 is 9.53 Å². The molecule has 0 aliphatic carbocycles. The van der Waals surface area contributed by atoms with Gasteiger partial charge in [0.2, 0.25) is 0 Å².